The molecule has 3 rings (SSSR count). The van der Waals surface area contributed by atoms with Gasteiger partial charge in [0.25, 0.3) is 0 Å². The molecule has 1 amide bonds. The van der Waals surface area contributed by atoms with Crippen molar-refractivity contribution in [3.63, 3.8) is 0 Å². The normalized spacial score (nSPS) is 23.0. The van der Waals surface area contributed by atoms with Gasteiger partial charge in [0.2, 0.25) is 0 Å². The van der Waals surface area contributed by atoms with Crippen LogP contribution in [0.1, 0.15) is 12.5 Å². The van der Waals surface area contributed by atoms with Gasteiger partial charge in [0.05, 0.1) is 18.2 Å². The van der Waals surface area contributed by atoms with Gasteiger partial charge in [-0.3, -0.25) is 9.69 Å². The van der Waals surface area contributed by atoms with Gasteiger partial charge in [-0.15, -0.1) is 0 Å². The molecule has 150 valence electrons. The Hall–Kier alpha value is -2.63. The van der Waals surface area contributed by atoms with E-state index in [4.69, 9.17) is 14.7 Å². The van der Waals surface area contributed by atoms with Gasteiger partial charge >= 0.3 is 6.09 Å². The Morgan fingerprint density at radius 3 is 2.46 bits per heavy atom. The quantitative estimate of drug-likeness (QED) is 0.773. The third kappa shape index (κ3) is 4.80. The van der Waals surface area contributed by atoms with Crippen molar-refractivity contribution < 1.29 is 24.2 Å². The van der Waals surface area contributed by atoms with Crippen LogP contribution in [0, 0.1) is 23.2 Å². The zero-order valence-electron chi connectivity index (χ0n) is 15.9. The molecule has 2 fully saturated rings. The van der Waals surface area contributed by atoms with Crippen molar-refractivity contribution in [3.8, 4) is 11.8 Å². The Morgan fingerprint density at radius 2 is 1.89 bits per heavy atom. The summed E-state index contributed by atoms with van der Waals surface area (Å²) in [5, 5.41) is 19.1. The molecule has 3 unspecified atom stereocenters. The summed E-state index contributed by atoms with van der Waals surface area (Å²) >= 11 is 0. The van der Waals surface area contributed by atoms with Gasteiger partial charge in [-0.05, 0) is 31.2 Å². The maximum atomic E-state index is 12.4. The summed E-state index contributed by atoms with van der Waals surface area (Å²) in [5.74, 6) is 0.293. The fourth-order valence-electron chi connectivity index (χ4n) is 3.79. The Balaban J connectivity index is 1.48. The van der Waals surface area contributed by atoms with Crippen molar-refractivity contribution in [3.05, 3.63) is 29.8 Å². The maximum absolute atomic E-state index is 12.4. The Kier molecular flexibility index (Phi) is 6.49. The highest BCUT2D eigenvalue weighted by atomic mass is 16.6. The van der Waals surface area contributed by atoms with E-state index in [9.17, 15) is 14.7 Å². The zero-order chi connectivity index (χ0) is 20.1. The molecule has 1 aromatic carbocycles. The summed E-state index contributed by atoms with van der Waals surface area (Å²) in [7, 11) is 0. The largest absolute Gasteiger partial charge is 0.491 e. The summed E-state index contributed by atoms with van der Waals surface area (Å²) in [4.78, 5) is 28.0. The number of aliphatic hydroxyl groups is 1. The first kappa shape index (κ1) is 20.1. The van der Waals surface area contributed by atoms with Crippen molar-refractivity contribution in [1.82, 2.24) is 9.80 Å². The number of ketones is 1. The van der Waals surface area contributed by atoms with Crippen LogP contribution < -0.4 is 4.74 Å². The van der Waals surface area contributed by atoms with Crippen molar-refractivity contribution in [2.75, 3.05) is 45.9 Å². The highest BCUT2D eigenvalue weighted by Crippen LogP contribution is 2.26. The van der Waals surface area contributed by atoms with E-state index in [1.54, 1.807) is 36.1 Å². The predicted molar refractivity (Wildman–Crippen MR) is 99.7 cm³/mol. The minimum atomic E-state index is -0.703. The van der Waals surface area contributed by atoms with Crippen LogP contribution >= 0.6 is 0 Å². The van der Waals surface area contributed by atoms with E-state index in [2.05, 4.69) is 4.90 Å². The number of benzene rings is 1. The molecule has 3 atom stereocenters. The van der Waals surface area contributed by atoms with Crippen molar-refractivity contribution in [2.45, 2.75) is 13.0 Å². The number of hydrogen-bond donors (Lipinski definition) is 1. The first-order chi connectivity index (χ1) is 13.5. The molecule has 0 spiro atoms. The van der Waals surface area contributed by atoms with Crippen molar-refractivity contribution in [1.29, 1.82) is 5.26 Å². The van der Waals surface area contributed by atoms with Gasteiger partial charge in [0, 0.05) is 44.6 Å². The lowest BCUT2D eigenvalue weighted by atomic mass is 9.83. The number of piperidine rings is 2. The highest BCUT2D eigenvalue weighted by molar-refractivity contribution is 5.87. The predicted octanol–water partition coefficient (Wildman–Crippen LogP) is 0.887. The monoisotopic (exact) mass is 387 g/mol. The smallest absolute Gasteiger partial charge is 0.409 e. The van der Waals surface area contributed by atoms with E-state index in [1.807, 2.05) is 6.07 Å². The molecule has 0 aliphatic carbocycles. The highest BCUT2D eigenvalue weighted by Gasteiger charge is 2.43. The van der Waals surface area contributed by atoms with Crippen LogP contribution in [0.5, 0.6) is 5.75 Å². The number of aliphatic hydroxyl groups excluding tert-OH is 1. The lowest BCUT2D eigenvalue weighted by molar-refractivity contribution is -0.137. The lowest BCUT2D eigenvalue weighted by Crippen LogP contribution is -2.60. The van der Waals surface area contributed by atoms with E-state index in [0.717, 1.165) is 0 Å². The average molecular weight is 387 g/mol. The summed E-state index contributed by atoms with van der Waals surface area (Å²) < 4.78 is 10.6. The summed E-state index contributed by atoms with van der Waals surface area (Å²) in [6.45, 7) is 4.35. The van der Waals surface area contributed by atoms with E-state index >= 15 is 0 Å². The second-order valence-corrected chi connectivity index (χ2v) is 7.22. The SMILES string of the molecule is CCOC(=O)N1CC2CN(CC(O)COc3ccc(C#N)cc3)CC(C1)C2=O. The molecular weight excluding hydrogens is 362 g/mol. The first-order valence-corrected chi connectivity index (χ1v) is 9.49. The average Bonchev–Trinajstić information content (AvgIpc) is 2.67. The van der Waals surface area contributed by atoms with Crippen molar-refractivity contribution in [2.24, 2.45) is 11.8 Å². The van der Waals surface area contributed by atoms with E-state index in [0.29, 0.717) is 50.6 Å². The van der Waals surface area contributed by atoms with Crippen LogP contribution in [-0.4, -0.2) is 78.8 Å². The Labute approximate surface area is 164 Å². The molecule has 2 bridgehead atoms. The van der Waals surface area contributed by atoms with E-state index in [1.165, 1.54) is 0 Å². The Bertz CT molecular complexity index is 727. The molecule has 2 heterocycles. The van der Waals surface area contributed by atoms with Gasteiger partial charge < -0.3 is 19.5 Å². The Morgan fingerprint density at radius 1 is 1.25 bits per heavy atom. The molecular formula is C20H25N3O5. The molecule has 0 aromatic heterocycles. The number of Topliss-reactive ketones (excluding diaryl/α,β-unsaturated/α-hetero) is 1. The molecule has 28 heavy (non-hydrogen) atoms. The minimum Gasteiger partial charge on any atom is -0.491 e. The number of carbonyl (C=O) groups is 2. The van der Waals surface area contributed by atoms with Gasteiger partial charge in [0.1, 0.15) is 24.2 Å². The third-order valence-corrected chi connectivity index (χ3v) is 5.06. The number of nitrogens with zero attached hydrogens (tertiary/aromatic N) is 3. The number of nitriles is 1. The number of β-amino-alcohol motifs (C(OH)–C–C–N with tert-alkyl or cyclic N) is 1. The third-order valence-electron chi connectivity index (χ3n) is 5.06. The summed E-state index contributed by atoms with van der Waals surface area (Å²) in [6.07, 6.45) is -1.07. The topological polar surface area (TPSA) is 103 Å². The maximum Gasteiger partial charge on any atom is 0.409 e. The molecule has 1 N–H and O–H groups in total. The summed E-state index contributed by atoms with van der Waals surface area (Å²) in [6, 6.07) is 8.75. The number of rotatable bonds is 6. The molecule has 8 nitrogen and oxygen atoms in total. The molecule has 8 heteroatoms. The molecule has 0 radical (unpaired) electrons. The standard InChI is InChI=1S/C20H25N3O5/c1-2-27-20(26)23-10-15-8-22(9-16(11-23)19(15)25)12-17(24)13-28-18-5-3-14(7-21)4-6-18/h3-6,15-17,24H,2,8-13H2,1H3. The van der Waals surface area contributed by atoms with Gasteiger partial charge in [-0.25, -0.2) is 4.79 Å². The second-order valence-electron chi connectivity index (χ2n) is 7.22. The minimum absolute atomic E-state index is 0.126. The molecule has 2 saturated heterocycles. The van der Waals surface area contributed by atoms with Crippen molar-refractivity contribution >= 4 is 11.9 Å². The molecule has 2 aliphatic rings. The number of amides is 1. The number of likely N-dealkylation sites (tertiary alicyclic amines) is 2. The van der Waals surface area contributed by atoms with Gasteiger partial charge in [-0.1, -0.05) is 0 Å². The van der Waals surface area contributed by atoms with E-state index in [-0.39, 0.29) is 30.3 Å². The molecule has 0 saturated carbocycles. The fourth-order valence-corrected chi connectivity index (χ4v) is 3.79. The summed E-state index contributed by atoms with van der Waals surface area (Å²) in [5.41, 5.74) is 0.550. The first-order valence-electron chi connectivity index (χ1n) is 9.49. The van der Waals surface area contributed by atoms with Crippen LogP contribution in [0.4, 0.5) is 4.79 Å². The fraction of sp³-hybridized carbons (Fsp3) is 0.550. The number of fused-ring (bicyclic) bond motifs is 2. The number of ether oxygens (including phenoxy) is 2. The molecule has 2 aliphatic heterocycles. The lowest BCUT2D eigenvalue weighted by Gasteiger charge is -2.44. The van der Waals surface area contributed by atoms with Crippen LogP contribution in [-0.2, 0) is 9.53 Å². The van der Waals surface area contributed by atoms with E-state index < -0.39 is 6.10 Å². The van der Waals surface area contributed by atoms with Crippen LogP contribution in [0.2, 0.25) is 0 Å². The van der Waals surface area contributed by atoms with Crippen LogP contribution in [0.25, 0.3) is 0 Å². The second kappa shape index (κ2) is 9.04. The zero-order valence-corrected chi connectivity index (χ0v) is 15.9. The van der Waals surface area contributed by atoms with Gasteiger partial charge in [-0.2, -0.15) is 5.26 Å². The molecule has 1 aromatic rings. The number of carbonyl (C=O) groups excluding carboxylic acids is 2. The van der Waals surface area contributed by atoms with Crippen LogP contribution in [0.3, 0.4) is 0 Å². The van der Waals surface area contributed by atoms with Gasteiger partial charge in [0.15, 0.2) is 0 Å². The van der Waals surface area contributed by atoms with Crippen LogP contribution in [0.15, 0.2) is 24.3 Å². The number of hydrogen-bond acceptors (Lipinski definition) is 7.